The monoisotopic (exact) mass is 315 g/mol. The van der Waals surface area contributed by atoms with Crippen molar-refractivity contribution in [2.75, 3.05) is 7.05 Å². The van der Waals surface area contributed by atoms with Gasteiger partial charge in [0.25, 0.3) is 0 Å². The van der Waals surface area contributed by atoms with Crippen LogP contribution in [0.25, 0.3) is 0 Å². The van der Waals surface area contributed by atoms with Gasteiger partial charge in [0, 0.05) is 19.0 Å². The van der Waals surface area contributed by atoms with Crippen LogP contribution in [0.4, 0.5) is 0 Å². The molecule has 1 atom stereocenters. The van der Waals surface area contributed by atoms with Crippen LogP contribution < -0.4 is 5.32 Å². The van der Waals surface area contributed by atoms with Crippen molar-refractivity contribution in [2.24, 2.45) is 5.92 Å². The molecule has 0 radical (unpaired) electrons. The summed E-state index contributed by atoms with van der Waals surface area (Å²) >= 11 is 3.67. The van der Waals surface area contributed by atoms with Crippen LogP contribution in [0.3, 0.4) is 0 Å². The van der Waals surface area contributed by atoms with Gasteiger partial charge in [-0.3, -0.25) is 4.68 Å². The zero-order valence-corrected chi connectivity index (χ0v) is 13.8. The lowest BCUT2D eigenvalue weighted by atomic mass is 10.00. The van der Waals surface area contributed by atoms with Crippen LogP contribution in [0.15, 0.2) is 4.47 Å². The summed E-state index contributed by atoms with van der Waals surface area (Å²) in [5.41, 5.74) is 2.41. The number of likely N-dealkylation sites (N-methyl/N-ethyl adjacent to an activating group) is 1. The molecular formula is C14H26BrN3. The van der Waals surface area contributed by atoms with E-state index in [9.17, 15) is 0 Å². The minimum Gasteiger partial charge on any atom is -0.317 e. The van der Waals surface area contributed by atoms with Crippen LogP contribution in [0, 0.1) is 12.8 Å². The number of halogens is 1. The van der Waals surface area contributed by atoms with E-state index < -0.39 is 0 Å². The topological polar surface area (TPSA) is 29.9 Å². The van der Waals surface area contributed by atoms with Crippen molar-refractivity contribution < 1.29 is 0 Å². The van der Waals surface area contributed by atoms with Gasteiger partial charge in [0.1, 0.15) is 0 Å². The average molecular weight is 316 g/mol. The third-order valence-electron chi connectivity index (χ3n) is 3.39. The summed E-state index contributed by atoms with van der Waals surface area (Å²) in [5.74, 6) is 0.766. The average Bonchev–Trinajstić information content (AvgIpc) is 2.61. The van der Waals surface area contributed by atoms with E-state index in [1.165, 1.54) is 23.0 Å². The first-order valence-corrected chi connectivity index (χ1v) is 7.67. The highest BCUT2D eigenvalue weighted by Crippen LogP contribution is 2.23. The van der Waals surface area contributed by atoms with E-state index in [0.717, 1.165) is 24.6 Å². The van der Waals surface area contributed by atoms with E-state index in [1.54, 1.807) is 0 Å². The number of aromatic nitrogens is 2. The lowest BCUT2D eigenvalue weighted by Gasteiger charge is -2.18. The molecule has 0 aliphatic rings. The van der Waals surface area contributed by atoms with Crippen molar-refractivity contribution in [2.45, 2.75) is 59.5 Å². The van der Waals surface area contributed by atoms with Crippen molar-refractivity contribution in [1.29, 1.82) is 0 Å². The highest BCUT2D eigenvalue weighted by molar-refractivity contribution is 9.10. The number of nitrogens with zero attached hydrogens (tertiary/aromatic N) is 2. The van der Waals surface area contributed by atoms with Crippen LogP contribution in [-0.2, 0) is 13.0 Å². The van der Waals surface area contributed by atoms with E-state index in [-0.39, 0.29) is 0 Å². The molecule has 1 heterocycles. The molecule has 0 fully saturated rings. The molecule has 18 heavy (non-hydrogen) atoms. The molecule has 0 amide bonds. The molecule has 1 aromatic rings. The van der Waals surface area contributed by atoms with Gasteiger partial charge < -0.3 is 5.32 Å². The molecule has 0 aliphatic heterocycles. The summed E-state index contributed by atoms with van der Waals surface area (Å²) in [6, 6.07) is 0.532. The molecule has 0 aromatic carbocycles. The summed E-state index contributed by atoms with van der Waals surface area (Å²) in [6.07, 6.45) is 3.52. The smallest absolute Gasteiger partial charge is 0.0738 e. The standard InChI is InChI=1S/C14H26BrN3/c1-6-18-13(14(15)11(4)17-18)9-12(16-5)8-7-10(2)3/h10,12,16H,6-9H2,1-5H3. The Morgan fingerprint density at radius 3 is 2.50 bits per heavy atom. The first-order chi connectivity index (χ1) is 8.49. The van der Waals surface area contributed by atoms with E-state index in [2.05, 4.69) is 65.8 Å². The Bertz CT molecular complexity index is 371. The molecule has 3 nitrogen and oxygen atoms in total. The fourth-order valence-electron chi connectivity index (χ4n) is 2.18. The van der Waals surface area contributed by atoms with Crippen molar-refractivity contribution >= 4 is 15.9 Å². The molecule has 0 bridgehead atoms. The van der Waals surface area contributed by atoms with Crippen molar-refractivity contribution in [3.8, 4) is 0 Å². The third-order valence-corrected chi connectivity index (χ3v) is 4.42. The Hall–Kier alpha value is -0.350. The number of aryl methyl sites for hydroxylation is 2. The Kier molecular flexibility index (Phi) is 6.36. The van der Waals surface area contributed by atoms with Gasteiger partial charge in [-0.1, -0.05) is 13.8 Å². The Labute approximate surface area is 119 Å². The second-order valence-electron chi connectivity index (χ2n) is 5.32. The van der Waals surface area contributed by atoms with Crippen molar-refractivity contribution in [3.63, 3.8) is 0 Å². The summed E-state index contributed by atoms with van der Waals surface area (Å²) < 4.78 is 3.29. The fourth-order valence-corrected chi connectivity index (χ4v) is 2.63. The zero-order valence-electron chi connectivity index (χ0n) is 12.3. The Morgan fingerprint density at radius 1 is 1.33 bits per heavy atom. The van der Waals surface area contributed by atoms with E-state index in [0.29, 0.717) is 6.04 Å². The van der Waals surface area contributed by atoms with Gasteiger partial charge in [0.05, 0.1) is 15.9 Å². The Balaban J connectivity index is 2.74. The third kappa shape index (κ3) is 4.09. The summed E-state index contributed by atoms with van der Waals surface area (Å²) in [7, 11) is 2.05. The van der Waals surface area contributed by atoms with Crippen molar-refractivity contribution in [1.82, 2.24) is 15.1 Å². The first-order valence-electron chi connectivity index (χ1n) is 6.88. The normalized spacial score (nSPS) is 13.3. The van der Waals surface area contributed by atoms with Gasteiger partial charge in [0.15, 0.2) is 0 Å². The molecule has 1 unspecified atom stereocenters. The zero-order chi connectivity index (χ0) is 13.7. The fraction of sp³-hybridized carbons (Fsp3) is 0.786. The molecular weight excluding hydrogens is 290 g/mol. The van der Waals surface area contributed by atoms with Crippen LogP contribution in [0.5, 0.6) is 0 Å². The molecule has 0 aliphatic carbocycles. The van der Waals surface area contributed by atoms with Gasteiger partial charge in [0.2, 0.25) is 0 Å². The molecule has 0 saturated heterocycles. The molecule has 1 aromatic heterocycles. The summed E-state index contributed by atoms with van der Waals surface area (Å²) in [4.78, 5) is 0. The maximum atomic E-state index is 4.55. The number of hydrogen-bond donors (Lipinski definition) is 1. The van der Waals surface area contributed by atoms with Gasteiger partial charge in [-0.2, -0.15) is 5.10 Å². The summed E-state index contributed by atoms with van der Waals surface area (Å²) in [6.45, 7) is 9.70. The number of nitrogens with one attached hydrogen (secondary N) is 1. The predicted molar refractivity (Wildman–Crippen MR) is 81.0 cm³/mol. The number of rotatable bonds is 7. The molecule has 1 rings (SSSR count). The number of hydrogen-bond acceptors (Lipinski definition) is 2. The summed E-state index contributed by atoms with van der Waals surface area (Å²) in [5, 5.41) is 7.99. The van der Waals surface area contributed by atoms with E-state index in [4.69, 9.17) is 0 Å². The largest absolute Gasteiger partial charge is 0.317 e. The minimum absolute atomic E-state index is 0.532. The highest BCUT2D eigenvalue weighted by atomic mass is 79.9. The molecule has 4 heteroatoms. The van der Waals surface area contributed by atoms with E-state index >= 15 is 0 Å². The predicted octanol–water partition coefficient (Wildman–Crippen LogP) is 3.54. The second-order valence-corrected chi connectivity index (χ2v) is 6.12. The minimum atomic E-state index is 0.532. The Morgan fingerprint density at radius 2 is 2.00 bits per heavy atom. The molecule has 1 N–H and O–H groups in total. The highest BCUT2D eigenvalue weighted by Gasteiger charge is 2.16. The van der Waals surface area contributed by atoms with Crippen LogP contribution in [0.2, 0.25) is 0 Å². The first kappa shape index (κ1) is 15.7. The maximum absolute atomic E-state index is 4.55. The maximum Gasteiger partial charge on any atom is 0.0738 e. The lowest BCUT2D eigenvalue weighted by Crippen LogP contribution is -2.29. The van der Waals surface area contributed by atoms with Crippen LogP contribution in [0.1, 0.15) is 45.0 Å². The van der Waals surface area contributed by atoms with Crippen molar-refractivity contribution in [3.05, 3.63) is 15.9 Å². The SMILES string of the molecule is CCn1nc(C)c(Br)c1CC(CCC(C)C)NC. The quantitative estimate of drug-likeness (QED) is 0.834. The van der Waals surface area contributed by atoms with Gasteiger partial charge in [-0.05, 0) is 55.6 Å². The lowest BCUT2D eigenvalue weighted by molar-refractivity contribution is 0.439. The molecule has 0 spiro atoms. The van der Waals surface area contributed by atoms with E-state index in [1.807, 2.05) is 0 Å². The van der Waals surface area contributed by atoms with Crippen LogP contribution >= 0.6 is 15.9 Å². The van der Waals surface area contributed by atoms with Gasteiger partial charge >= 0.3 is 0 Å². The van der Waals surface area contributed by atoms with Gasteiger partial charge in [-0.25, -0.2) is 0 Å². The second kappa shape index (κ2) is 7.29. The molecule has 104 valence electrons. The van der Waals surface area contributed by atoms with Crippen LogP contribution in [-0.4, -0.2) is 22.9 Å². The van der Waals surface area contributed by atoms with Gasteiger partial charge in [-0.15, -0.1) is 0 Å². The molecule has 0 saturated carbocycles.